The van der Waals surface area contributed by atoms with E-state index in [-0.39, 0.29) is 38.3 Å². The van der Waals surface area contributed by atoms with Crippen molar-refractivity contribution in [1.82, 2.24) is 9.80 Å². The lowest BCUT2D eigenvalue weighted by Gasteiger charge is -2.47. The van der Waals surface area contributed by atoms with Crippen LogP contribution >= 0.6 is 0 Å². The van der Waals surface area contributed by atoms with Crippen molar-refractivity contribution in [1.29, 1.82) is 0 Å². The van der Waals surface area contributed by atoms with Gasteiger partial charge in [-0.25, -0.2) is 0 Å². The first-order valence-electron chi connectivity index (χ1n) is 18.0. The maximum Gasteiger partial charge on any atom is 0.311 e. The van der Waals surface area contributed by atoms with E-state index in [0.717, 1.165) is 0 Å². The molecule has 0 saturated carbocycles. The van der Waals surface area contributed by atoms with Gasteiger partial charge in [-0.3, -0.25) is 14.5 Å². The molecule has 0 unspecified atom stereocenters. The lowest BCUT2D eigenvalue weighted by molar-refractivity contribution is -0.299. The Morgan fingerprint density at radius 3 is 2.27 bits per heavy atom. The van der Waals surface area contributed by atoms with Gasteiger partial charge in [0, 0.05) is 32.0 Å². The van der Waals surface area contributed by atoms with Gasteiger partial charge in [0.05, 0.1) is 55.0 Å². The van der Waals surface area contributed by atoms with Crippen LogP contribution in [0, 0.1) is 11.8 Å². The van der Waals surface area contributed by atoms with E-state index in [1.807, 2.05) is 18.2 Å². The molecule has 51 heavy (non-hydrogen) atoms. The van der Waals surface area contributed by atoms with Crippen LogP contribution in [0.15, 0.2) is 30.3 Å². The number of cyclic esters (lactones) is 1. The minimum atomic E-state index is -1.87. The molecule has 1 aromatic carbocycles. The fourth-order valence-electron chi connectivity index (χ4n) is 7.35. The third kappa shape index (κ3) is 10.6. The second-order valence-electron chi connectivity index (χ2n) is 15.1. The van der Waals surface area contributed by atoms with Crippen LogP contribution in [0.5, 0.6) is 5.75 Å². The molecular formula is C37H62N2O12. The number of likely N-dealkylation sites (N-methyl/N-ethyl adjacent to an activating group) is 2. The Balaban J connectivity index is 1.89. The minimum Gasteiger partial charge on any atom is -0.493 e. The number of β-amino-alcohol motifs (C(OH)–C–C–N with tert-alkyl or cyclic N) is 1. The number of nitrogens with zero attached hydrogens (tertiary/aromatic N) is 2. The molecule has 6 N–H and O–H groups in total. The smallest absolute Gasteiger partial charge is 0.311 e. The maximum atomic E-state index is 13.4. The molecule has 14 nitrogen and oxygen atoms in total. The third-order valence-electron chi connectivity index (χ3n) is 10.8. The Hall–Kier alpha value is -2.40. The van der Waals surface area contributed by atoms with Crippen molar-refractivity contribution in [2.75, 3.05) is 27.2 Å². The van der Waals surface area contributed by atoms with E-state index in [4.69, 9.17) is 18.9 Å². The molecule has 0 spiro atoms. The van der Waals surface area contributed by atoms with Gasteiger partial charge in [-0.1, -0.05) is 32.0 Å². The molecule has 0 aliphatic carbocycles. The molecule has 14 atom stereocenters. The molecule has 1 aromatic rings. The van der Waals surface area contributed by atoms with Crippen LogP contribution < -0.4 is 4.74 Å². The zero-order chi connectivity index (χ0) is 38.4. The Kier molecular flexibility index (Phi) is 15.3. The second-order valence-corrected chi connectivity index (χ2v) is 15.1. The Morgan fingerprint density at radius 2 is 1.67 bits per heavy atom. The number of ether oxygens (including phenoxy) is 4. The van der Waals surface area contributed by atoms with E-state index in [1.165, 1.54) is 25.7 Å². The summed E-state index contributed by atoms with van der Waals surface area (Å²) in [7, 11) is 3.23. The van der Waals surface area contributed by atoms with Crippen molar-refractivity contribution < 1.29 is 59.2 Å². The molecule has 292 valence electrons. The van der Waals surface area contributed by atoms with E-state index in [1.54, 1.807) is 58.8 Å². The van der Waals surface area contributed by atoms with Crippen LogP contribution in [-0.4, -0.2) is 152 Å². The molecule has 2 heterocycles. The summed E-state index contributed by atoms with van der Waals surface area (Å²) in [5.74, 6) is -2.64. The van der Waals surface area contributed by atoms with Crippen molar-refractivity contribution in [3.05, 3.63) is 30.3 Å². The van der Waals surface area contributed by atoms with Crippen LogP contribution in [-0.2, 0) is 23.8 Å². The standard InChI is InChI=1S/C37H62N2O12/c1-10-28-37(7,47)32(44)24(5)38(8)20-25(40)19-36(6,46)33(22(3)30(42)23(4)34(45)50-28)51-35-31(43)27(18-21(2)49-35)39(9)29(41)16-17-48-26-14-12-11-13-15-26/h11-15,21-25,27-28,30-33,35,40,42-44,46-47H,10,16-20H2,1-9H3/t21-,22+,23-,24-,25-,27+,28-,30+,31-,32-,33-,35+,36-,37-/m1/s1. The van der Waals surface area contributed by atoms with Gasteiger partial charge in [0.15, 0.2) is 6.29 Å². The van der Waals surface area contributed by atoms with E-state index < -0.39 is 90.1 Å². The Bertz CT molecular complexity index is 1250. The molecule has 14 heteroatoms. The molecule has 0 radical (unpaired) electrons. The number of carbonyl (C=O) groups excluding carboxylic acids is 2. The number of aliphatic hydroxyl groups excluding tert-OH is 4. The molecule has 2 aliphatic rings. The Labute approximate surface area is 302 Å². The fraction of sp³-hybridized carbons (Fsp3) is 0.784. The summed E-state index contributed by atoms with van der Waals surface area (Å²) in [5.41, 5.74) is -3.73. The lowest BCUT2D eigenvalue weighted by atomic mass is 9.79. The summed E-state index contributed by atoms with van der Waals surface area (Å²) in [6, 6.07) is 7.67. The number of benzene rings is 1. The number of hydrogen-bond donors (Lipinski definition) is 6. The Morgan fingerprint density at radius 1 is 1.04 bits per heavy atom. The summed E-state index contributed by atoms with van der Waals surface area (Å²) in [6.45, 7) is 11.1. The number of carbonyl (C=O) groups is 2. The molecule has 3 rings (SSSR count). The van der Waals surface area contributed by atoms with Crippen LogP contribution in [0.4, 0.5) is 0 Å². The minimum absolute atomic E-state index is 0.0242. The first kappa shape index (κ1) is 43.0. The van der Waals surface area contributed by atoms with Gasteiger partial charge in [-0.15, -0.1) is 0 Å². The highest BCUT2D eigenvalue weighted by atomic mass is 16.7. The van der Waals surface area contributed by atoms with Crippen molar-refractivity contribution in [2.24, 2.45) is 11.8 Å². The number of hydrogen-bond acceptors (Lipinski definition) is 13. The number of amides is 1. The molecule has 0 aromatic heterocycles. The van der Waals surface area contributed by atoms with Gasteiger partial charge in [0.2, 0.25) is 5.91 Å². The van der Waals surface area contributed by atoms with Crippen LogP contribution in [0.3, 0.4) is 0 Å². The number of esters is 1. The van der Waals surface area contributed by atoms with Gasteiger partial charge in [-0.2, -0.15) is 0 Å². The summed E-state index contributed by atoms with van der Waals surface area (Å²) < 4.78 is 23.8. The molecule has 2 saturated heterocycles. The number of para-hydroxylation sites is 1. The SMILES string of the molecule is CC[C@H]1OC(=O)[C@H](C)[C@@H](O)[C@H](C)[C@@H](O[C@@H]2O[C@H](C)C[C@H](N(C)C(=O)CCOc3ccccc3)[C@H]2O)[C@](C)(O)C[C@@H](O)CN(C)[C@H](C)[C@@H](O)[C@]1(C)O. The largest absolute Gasteiger partial charge is 0.493 e. The van der Waals surface area contributed by atoms with Crippen molar-refractivity contribution >= 4 is 11.9 Å². The van der Waals surface area contributed by atoms with Gasteiger partial charge in [-0.05, 0) is 66.6 Å². The number of aliphatic hydroxyl groups is 6. The highest BCUT2D eigenvalue weighted by Gasteiger charge is 2.50. The highest BCUT2D eigenvalue weighted by Crippen LogP contribution is 2.36. The second kappa shape index (κ2) is 18.1. The first-order chi connectivity index (χ1) is 23.7. The highest BCUT2D eigenvalue weighted by molar-refractivity contribution is 5.76. The van der Waals surface area contributed by atoms with Gasteiger partial charge in [0.1, 0.15) is 29.7 Å². The predicted octanol–water partition coefficient (Wildman–Crippen LogP) is 1.07. The van der Waals surface area contributed by atoms with Gasteiger partial charge >= 0.3 is 5.97 Å². The summed E-state index contributed by atoms with van der Waals surface area (Å²) in [4.78, 5) is 29.7. The topological polar surface area (TPSA) is 199 Å². The van der Waals surface area contributed by atoms with Crippen molar-refractivity contribution in [3.8, 4) is 5.75 Å². The third-order valence-corrected chi connectivity index (χ3v) is 10.8. The van der Waals surface area contributed by atoms with Gasteiger partial charge < -0.3 is 54.5 Å². The average molecular weight is 727 g/mol. The first-order valence-corrected chi connectivity index (χ1v) is 18.0. The van der Waals surface area contributed by atoms with Crippen LogP contribution in [0.2, 0.25) is 0 Å². The quantitative estimate of drug-likeness (QED) is 0.208. The van der Waals surface area contributed by atoms with E-state index >= 15 is 0 Å². The molecule has 1 amide bonds. The predicted molar refractivity (Wildman–Crippen MR) is 187 cm³/mol. The van der Waals surface area contributed by atoms with Crippen molar-refractivity contribution in [3.63, 3.8) is 0 Å². The summed E-state index contributed by atoms with van der Waals surface area (Å²) >= 11 is 0. The molecule has 0 bridgehead atoms. The maximum absolute atomic E-state index is 13.4. The zero-order valence-electron chi connectivity index (χ0n) is 31.6. The molecule has 2 fully saturated rings. The van der Waals surface area contributed by atoms with Crippen LogP contribution in [0.25, 0.3) is 0 Å². The van der Waals surface area contributed by atoms with E-state index in [2.05, 4.69) is 0 Å². The average Bonchev–Trinajstić information content (AvgIpc) is 3.07. The number of rotatable bonds is 8. The van der Waals surface area contributed by atoms with Crippen LogP contribution in [0.1, 0.15) is 74.1 Å². The normalized spacial score (nSPS) is 40.8. The summed E-state index contributed by atoms with van der Waals surface area (Å²) in [5, 5.41) is 68.9. The van der Waals surface area contributed by atoms with Gasteiger partial charge in [0.25, 0.3) is 0 Å². The fourth-order valence-corrected chi connectivity index (χ4v) is 7.35. The zero-order valence-corrected chi connectivity index (χ0v) is 31.6. The van der Waals surface area contributed by atoms with E-state index in [9.17, 15) is 40.2 Å². The molecular weight excluding hydrogens is 664 g/mol. The summed E-state index contributed by atoms with van der Waals surface area (Å²) in [6.07, 6.45) is -9.43. The van der Waals surface area contributed by atoms with E-state index in [0.29, 0.717) is 12.2 Å². The lowest BCUT2D eigenvalue weighted by Crippen LogP contribution is -2.60. The monoisotopic (exact) mass is 726 g/mol. The molecule has 2 aliphatic heterocycles. The van der Waals surface area contributed by atoms with Crippen molar-refractivity contribution in [2.45, 2.75) is 146 Å².